The van der Waals surface area contributed by atoms with Crippen LogP contribution in [0.3, 0.4) is 0 Å². The molecule has 1 amide bonds. The van der Waals surface area contributed by atoms with Gasteiger partial charge in [0.15, 0.2) is 23.2 Å². The molecular formula is C23H20ClN3O5. The lowest BCUT2D eigenvalue weighted by atomic mass is 10.1. The van der Waals surface area contributed by atoms with E-state index in [1.54, 1.807) is 25.1 Å². The summed E-state index contributed by atoms with van der Waals surface area (Å²) in [4.78, 5) is 21.8. The Morgan fingerprint density at radius 2 is 1.94 bits per heavy atom. The van der Waals surface area contributed by atoms with Crippen molar-refractivity contribution in [1.82, 2.24) is 5.06 Å². The zero-order chi connectivity index (χ0) is 22.7. The maximum Gasteiger partial charge on any atom is 0.282 e. The van der Waals surface area contributed by atoms with Crippen molar-refractivity contribution in [2.24, 2.45) is 4.99 Å². The van der Waals surface area contributed by atoms with E-state index in [-0.39, 0.29) is 23.9 Å². The molecule has 0 saturated carbocycles. The molecule has 2 heterocycles. The second-order valence-electron chi connectivity index (χ2n) is 6.87. The molecular weight excluding hydrogens is 434 g/mol. The van der Waals surface area contributed by atoms with E-state index in [1.165, 1.54) is 18.2 Å². The van der Waals surface area contributed by atoms with Gasteiger partial charge in [-0.15, -0.1) is 5.06 Å². The van der Waals surface area contributed by atoms with Gasteiger partial charge in [-0.2, -0.15) is 4.99 Å². The number of hydrogen-bond donors (Lipinski definition) is 1. The molecule has 164 valence electrons. The molecule has 0 fully saturated rings. The molecule has 8 nitrogen and oxygen atoms in total. The number of halogens is 1. The number of aliphatic imine (C=N–C) groups is 1. The maximum atomic E-state index is 12.4. The zero-order valence-corrected chi connectivity index (χ0v) is 18.2. The van der Waals surface area contributed by atoms with Crippen molar-refractivity contribution in [3.63, 3.8) is 0 Å². The summed E-state index contributed by atoms with van der Waals surface area (Å²) in [5, 5.41) is 9.81. The van der Waals surface area contributed by atoms with Gasteiger partial charge in [-0.3, -0.25) is 10.2 Å². The number of hydroxylamine groups is 2. The van der Waals surface area contributed by atoms with Crippen LogP contribution in [0.25, 0.3) is 6.08 Å². The van der Waals surface area contributed by atoms with Crippen LogP contribution in [-0.2, 0) is 9.63 Å². The van der Waals surface area contributed by atoms with Gasteiger partial charge < -0.3 is 19.0 Å². The van der Waals surface area contributed by atoms with Gasteiger partial charge in [0, 0.05) is 6.08 Å². The molecule has 1 N–H and O–H groups in total. The Bertz CT molecular complexity index is 1160. The molecule has 9 heteroatoms. The Morgan fingerprint density at radius 1 is 1.19 bits per heavy atom. The number of fused-ring (bicyclic) bond motifs is 1. The number of methoxy groups -OCH3 is 1. The number of nitrogens with one attached hydrogen (secondary N) is 1. The van der Waals surface area contributed by atoms with Gasteiger partial charge in [-0.1, -0.05) is 29.8 Å². The third-order valence-electron chi connectivity index (χ3n) is 4.58. The minimum absolute atomic E-state index is 0.0694. The second kappa shape index (κ2) is 9.15. The van der Waals surface area contributed by atoms with Gasteiger partial charge >= 0.3 is 0 Å². The highest BCUT2D eigenvalue weighted by Gasteiger charge is 2.34. The van der Waals surface area contributed by atoms with Crippen LogP contribution in [-0.4, -0.2) is 43.0 Å². The number of carbonyl (C=O) groups is 1. The quantitative estimate of drug-likeness (QED) is 0.497. The number of amides is 1. The molecule has 0 aliphatic carbocycles. The standard InChI is InChI=1S/C23H20ClN3O5/c1-14-10-20-26-23(28)17(22(25)27(20)32-14)11-15-12-18(24)21(19(13-15)29-2)31-9-8-30-16-6-4-3-5-7-16/h3-7,10-13,25H,8-9H2,1-2H3/b17-11-,25-22?. The summed E-state index contributed by atoms with van der Waals surface area (Å²) in [6.45, 7) is 2.30. The molecule has 0 spiro atoms. The van der Waals surface area contributed by atoms with Crippen molar-refractivity contribution in [1.29, 1.82) is 5.41 Å². The molecule has 0 atom stereocenters. The van der Waals surface area contributed by atoms with E-state index in [0.717, 1.165) is 5.75 Å². The summed E-state index contributed by atoms with van der Waals surface area (Å²) in [5.41, 5.74) is 0.621. The Kier molecular flexibility index (Phi) is 6.13. The van der Waals surface area contributed by atoms with Crippen LogP contribution in [0.15, 0.2) is 64.9 Å². The van der Waals surface area contributed by atoms with E-state index >= 15 is 0 Å². The van der Waals surface area contributed by atoms with Crippen LogP contribution in [0.4, 0.5) is 0 Å². The molecule has 4 rings (SSSR count). The lowest BCUT2D eigenvalue weighted by Crippen LogP contribution is -2.38. The van der Waals surface area contributed by atoms with Gasteiger partial charge in [0.1, 0.15) is 24.7 Å². The van der Waals surface area contributed by atoms with Crippen molar-refractivity contribution >= 4 is 35.3 Å². The van der Waals surface area contributed by atoms with E-state index in [4.69, 9.17) is 36.1 Å². The first kappa shape index (κ1) is 21.5. The molecule has 0 bridgehead atoms. The van der Waals surface area contributed by atoms with Crippen LogP contribution in [0, 0.1) is 5.41 Å². The highest BCUT2D eigenvalue weighted by molar-refractivity contribution is 6.33. The Labute approximate surface area is 189 Å². The van der Waals surface area contributed by atoms with Crippen molar-refractivity contribution < 1.29 is 23.8 Å². The number of carbonyl (C=O) groups excluding carboxylic acids is 1. The average molecular weight is 454 g/mol. The van der Waals surface area contributed by atoms with Crippen LogP contribution < -0.4 is 14.2 Å². The monoisotopic (exact) mass is 453 g/mol. The van der Waals surface area contributed by atoms with E-state index in [1.807, 2.05) is 30.3 Å². The molecule has 32 heavy (non-hydrogen) atoms. The summed E-state index contributed by atoms with van der Waals surface area (Å²) in [5.74, 6) is 1.68. The normalized spacial score (nSPS) is 16.3. The van der Waals surface area contributed by atoms with Gasteiger partial charge in [0.2, 0.25) is 0 Å². The smallest absolute Gasteiger partial charge is 0.282 e. The topological polar surface area (TPSA) is 93.4 Å². The molecule has 0 saturated heterocycles. The summed E-state index contributed by atoms with van der Waals surface area (Å²) < 4.78 is 16.8. The summed E-state index contributed by atoms with van der Waals surface area (Å²) in [7, 11) is 1.49. The first-order valence-electron chi connectivity index (χ1n) is 9.74. The van der Waals surface area contributed by atoms with Crippen LogP contribution in [0.5, 0.6) is 17.2 Å². The fourth-order valence-electron chi connectivity index (χ4n) is 3.15. The Hall–Kier alpha value is -3.78. The highest BCUT2D eigenvalue weighted by atomic mass is 35.5. The Balaban J connectivity index is 1.49. The van der Waals surface area contributed by atoms with Crippen LogP contribution in [0.1, 0.15) is 12.5 Å². The number of amidine groups is 2. The van der Waals surface area contributed by atoms with Crippen molar-refractivity contribution in [3.05, 3.63) is 70.5 Å². The number of ether oxygens (including phenoxy) is 3. The van der Waals surface area contributed by atoms with E-state index < -0.39 is 5.91 Å². The largest absolute Gasteiger partial charge is 0.493 e. The van der Waals surface area contributed by atoms with E-state index in [9.17, 15) is 4.79 Å². The van der Waals surface area contributed by atoms with Crippen LogP contribution in [0.2, 0.25) is 5.02 Å². The van der Waals surface area contributed by atoms with Crippen molar-refractivity contribution in [2.75, 3.05) is 20.3 Å². The number of hydrogen-bond acceptors (Lipinski definition) is 6. The number of allylic oxidation sites excluding steroid dienone is 1. The molecule has 0 unspecified atom stereocenters. The summed E-state index contributed by atoms with van der Waals surface area (Å²) in [6.07, 6.45) is 3.11. The lowest BCUT2D eigenvalue weighted by molar-refractivity contribution is -0.114. The highest BCUT2D eigenvalue weighted by Crippen LogP contribution is 2.37. The fraction of sp³-hybridized carbons (Fsp3) is 0.174. The molecule has 0 radical (unpaired) electrons. The van der Waals surface area contributed by atoms with E-state index in [0.29, 0.717) is 34.5 Å². The first-order chi connectivity index (χ1) is 15.5. The van der Waals surface area contributed by atoms with Crippen molar-refractivity contribution in [2.45, 2.75) is 6.92 Å². The SMILES string of the molecule is COc1cc(/C=C2/C(=N)N3OC(C)=CC3=NC2=O)cc(Cl)c1OCCOc1ccccc1. The number of benzene rings is 2. The molecule has 2 aromatic carbocycles. The second-order valence-corrected chi connectivity index (χ2v) is 7.27. The fourth-order valence-corrected chi connectivity index (χ4v) is 3.42. The number of rotatable bonds is 7. The Morgan fingerprint density at radius 3 is 2.69 bits per heavy atom. The molecule has 0 aromatic heterocycles. The minimum Gasteiger partial charge on any atom is -0.493 e. The van der Waals surface area contributed by atoms with Gasteiger partial charge in [0.05, 0.1) is 17.7 Å². The molecule has 2 aromatic rings. The molecule has 2 aliphatic heterocycles. The average Bonchev–Trinajstić information content (AvgIpc) is 3.15. The maximum absolute atomic E-state index is 12.4. The molecule has 2 aliphatic rings. The predicted octanol–water partition coefficient (Wildman–Crippen LogP) is 4.26. The first-order valence-corrected chi connectivity index (χ1v) is 10.1. The van der Waals surface area contributed by atoms with Gasteiger partial charge in [-0.25, -0.2) is 0 Å². The predicted molar refractivity (Wildman–Crippen MR) is 120 cm³/mol. The number of nitrogens with zero attached hydrogens (tertiary/aromatic N) is 2. The lowest BCUT2D eigenvalue weighted by Gasteiger charge is -2.23. The van der Waals surface area contributed by atoms with Crippen LogP contribution >= 0.6 is 11.6 Å². The summed E-state index contributed by atoms with van der Waals surface area (Å²) in [6, 6.07) is 12.7. The van der Waals surface area contributed by atoms with Gasteiger partial charge in [-0.05, 0) is 42.8 Å². The third-order valence-corrected chi connectivity index (χ3v) is 4.87. The van der Waals surface area contributed by atoms with E-state index in [2.05, 4.69) is 4.99 Å². The summed E-state index contributed by atoms with van der Waals surface area (Å²) >= 11 is 6.42. The van der Waals surface area contributed by atoms with Gasteiger partial charge in [0.25, 0.3) is 5.91 Å². The third kappa shape index (κ3) is 4.45. The number of para-hydroxylation sites is 1. The minimum atomic E-state index is -0.538. The zero-order valence-electron chi connectivity index (χ0n) is 17.4. The van der Waals surface area contributed by atoms with Crippen molar-refractivity contribution in [3.8, 4) is 17.2 Å².